The molecule has 28 heavy (non-hydrogen) atoms. The van der Waals surface area contributed by atoms with Gasteiger partial charge in [-0.05, 0) is 26.0 Å². The van der Waals surface area contributed by atoms with E-state index in [0.717, 1.165) is 38.7 Å². The molecule has 3 heterocycles. The molecule has 0 spiro atoms. The Kier molecular flexibility index (Phi) is 4.55. The molecule has 7 nitrogen and oxygen atoms in total. The molecule has 0 aliphatic rings. The molecule has 0 fully saturated rings. The summed E-state index contributed by atoms with van der Waals surface area (Å²) in [6, 6.07) is 4.03. The number of nitrogens with zero attached hydrogens (tertiary/aromatic N) is 2. The maximum atomic E-state index is 12.6. The number of nitrogens with one attached hydrogen (secondary N) is 2. The number of H-pyrrole nitrogens is 2. The Hall–Kier alpha value is -2.93. The van der Waals surface area contributed by atoms with E-state index in [1.165, 1.54) is 0 Å². The molecule has 146 valence electrons. The van der Waals surface area contributed by atoms with Gasteiger partial charge in [-0.3, -0.25) is 0 Å². The van der Waals surface area contributed by atoms with Gasteiger partial charge in [-0.15, -0.1) is 0 Å². The first-order chi connectivity index (χ1) is 13.4. The quantitative estimate of drug-likeness (QED) is 0.500. The average Bonchev–Trinajstić information content (AvgIpc) is 3.22. The van der Waals surface area contributed by atoms with Crippen LogP contribution < -0.4 is 0 Å². The molecule has 0 saturated carbocycles. The normalized spacial score (nSPS) is 12.1. The highest BCUT2D eigenvalue weighted by molar-refractivity contribution is 6.20. The van der Waals surface area contributed by atoms with Gasteiger partial charge in [-0.2, -0.15) is 0 Å². The second kappa shape index (κ2) is 6.91. The van der Waals surface area contributed by atoms with E-state index in [1.54, 1.807) is 13.3 Å². The molecule has 7 heteroatoms. The van der Waals surface area contributed by atoms with Crippen LogP contribution in [0.2, 0.25) is 0 Å². The third-order valence-electron chi connectivity index (χ3n) is 4.74. The van der Waals surface area contributed by atoms with E-state index in [9.17, 15) is 4.79 Å². The van der Waals surface area contributed by atoms with Gasteiger partial charge in [0.15, 0.2) is 5.69 Å². The zero-order valence-corrected chi connectivity index (χ0v) is 16.7. The summed E-state index contributed by atoms with van der Waals surface area (Å²) in [6.07, 6.45) is 1.45. The molecule has 4 aromatic rings. The van der Waals surface area contributed by atoms with Gasteiger partial charge in [0.05, 0.1) is 35.5 Å². The number of rotatable bonds is 5. The fraction of sp³-hybridized carbons (Fsp3) is 0.381. The molecule has 0 aliphatic carbocycles. The maximum Gasteiger partial charge on any atom is 0.357 e. The first kappa shape index (κ1) is 18.4. The lowest BCUT2D eigenvalue weighted by atomic mass is 10.0. The predicted octanol–water partition coefficient (Wildman–Crippen LogP) is 4.43. The van der Waals surface area contributed by atoms with E-state index in [2.05, 4.69) is 28.8 Å². The van der Waals surface area contributed by atoms with Gasteiger partial charge in [0.2, 0.25) is 0 Å². The van der Waals surface area contributed by atoms with Crippen molar-refractivity contribution in [1.29, 1.82) is 0 Å². The number of hydrogen-bond donors (Lipinski definition) is 2. The van der Waals surface area contributed by atoms with E-state index < -0.39 is 5.97 Å². The van der Waals surface area contributed by atoms with Crippen LogP contribution in [0, 0.1) is 0 Å². The van der Waals surface area contributed by atoms with Crippen LogP contribution in [0.4, 0.5) is 0 Å². The van der Waals surface area contributed by atoms with Crippen molar-refractivity contribution in [1.82, 2.24) is 19.9 Å². The number of esters is 1. The highest BCUT2D eigenvalue weighted by atomic mass is 16.5. The molecular weight excluding hydrogens is 356 g/mol. The Morgan fingerprint density at radius 2 is 1.82 bits per heavy atom. The molecule has 0 bridgehead atoms. The molecule has 0 radical (unpaired) electrons. The summed E-state index contributed by atoms with van der Waals surface area (Å²) >= 11 is 0. The largest absolute Gasteiger partial charge is 0.458 e. The molecule has 0 saturated heterocycles. The van der Waals surface area contributed by atoms with E-state index in [0.29, 0.717) is 5.56 Å². The number of aromatic amines is 2. The summed E-state index contributed by atoms with van der Waals surface area (Å²) in [5.74, 6) is 0.762. The van der Waals surface area contributed by atoms with Gasteiger partial charge < -0.3 is 19.4 Å². The number of carbonyl (C=O) groups is 1. The van der Waals surface area contributed by atoms with Gasteiger partial charge in [-0.25, -0.2) is 14.8 Å². The van der Waals surface area contributed by atoms with Crippen LogP contribution >= 0.6 is 0 Å². The number of imidazole rings is 1. The fourth-order valence-corrected chi connectivity index (χ4v) is 3.53. The summed E-state index contributed by atoms with van der Waals surface area (Å²) in [5, 5.41) is 1.86. The zero-order valence-electron chi connectivity index (χ0n) is 16.7. The Morgan fingerprint density at radius 3 is 2.50 bits per heavy atom. The molecule has 0 unspecified atom stereocenters. The molecular formula is C21H24N4O3. The average molecular weight is 380 g/mol. The van der Waals surface area contributed by atoms with Crippen molar-refractivity contribution < 1.29 is 14.3 Å². The van der Waals surface area contributed by atoms with Gasteiger partial charge in [-0.1, -0.05) is 13.8 Å². The van der Waals surface area contributed by atoms with Crippen LogP contribution in [0.25, 0.3) is 32.8 Å². The Balaban J connectivity index is 2.07. The number of methoxy groups -OCH3 is 1. The van der Waals surface area contributed by atoms with Gasteiger partial charge >= 0.3 is 5.97 Å². The molecule has 0 aliphatic heterocycles. The number of hydrogen-bond acceptors (Lipinski definition) is 5. The first-order valence-corrected chi connectivity index (χ1v) is 9.42. The smallest absolute Gasteiger partial charge is 0.357 e. The number of pyridine rings is 1. The van der Waals surface area contributed by atoms with Crippen molar-refractivity contribution in [2.75, 3.05) is 7.11 Å². The zero-order chi connectivity index (χ0) is 20.0. The lowest BCUT2D eigenvalue weighted by Crippen LogP contribution is -2.15. The van der Waals surface area contributed by atoms with E-state index in [1.807, 2.05) is 26.0 Å². The molecule has 3 aromatic heterocycles. The fourth-order valence-electron chi connectivity index (χ4n) is 3.53. The second-order valence-electron chi connectivity index (χ2n) is 7.55. The monoisotopic (exact) mass is 380 g/mol. The molecule has 2 N–H and O–H groups in total. The van der Waals surface area contributed by atoms with Gasteiger partial charge in [0.25, 0.3) is 0 Å². The predicted molar refractivity (Wildman–Crippen MR) is 109 cm³/mol. The summed E-state index contributed by atoms with van der Waals surface area (Å²) in [7, 11) is 1.60. The highest BCUT2D eigenvalue weighted by Crippen LogP contribution is 2.35. The lowest BCUT2D eigenvalue weighted by molar-refractivity contribution is 0.0366. The van der Waals surface area contributed by atoms with Crippen molar-refractivity contribution >= 4 is 38.8 Å². The summed E-state index contributed by atoms with van der Waals surface area (Å²) in [6.45, 7) is 8.09. The SMILES string of the molecule is COCc1c(C(=O)OC(C)C)ncc2[nH]c3ccc4[nH]c(C(C)C)nc4c3c12. The molecule has 1 aromatic carbocycles. The highest BCUT2D eigenvalue weighted by Gasteiger charge is 2.23. The first-order valence-electron chi connectivity index (χ1n) is 9.42. The molecule has 0 atom stereocenters. The van der Waals surface area contributed by atoms with Crippen molar-refractivity contribution in [3.05, 3.63) is 35.4 Å². The third kappa shape index (κ3) is 2.92. The topological polar surface area (TPSA) is 92.9 Å². The second-order valence-corrected chi connectivity index (χ2v) is 7.55. The minimum absolute atomic E-state index is 0.227. The van der Waals surface area contributed by atoms with E-state index >= 15 is 0 Å². The molecule has 4 rings (SSSR count). The Morgan fingerprint density at radius 1 is 1.07 bits per heavy atom. The van der Waals surface area contributed by atoms with Crippen LogP contribution in [0.1, 0.15) is 55.5 Å². The summed E-state index contributed by atoms with van der Waals surface area (Å²) in [5.41, 5.74) is 4.60. The number of benzene rings is 1. The van der Waals surface area contributed by atoms with Crippen LogP contribution in [0.15, 0.2) is 18.3 Å². The number of aromatic nitrogens is 4. The van der Waals surface area contributed by atoms with Crippen molar-refractivity contribution in [3.8, 4) is 0 Å². The number of carbonyl (C=O) groups excluding carboxylic acids is 1. The van der Waals surface area contributed by atoms with Crippen molar-refractivity contribution in [2.45, 2.75) is 46.3 Å². The van der Waals surface area contributed by atoms with Crippen molar-refractivity contribution in [3.63, 3.8) is 0 Å². The minimum Gasteiger partial charge on any atom is -0.458 e. The van der Waals surface area contributed by atoms with Crippen LogP contribution in [0.5, 0.6) is 0 Å². The third-order valence-corrected chi connectivity index (χ3v) is 4.74. The van der Waals surface area contributed by atoms with Crippen LogP contribution in [-0.4, -0.2) is 39.1 Å². The standard InChI is InChI=1S/C21H24N4O3/c1-10(2)20-24-14-7-6-13-17(19(14)25-20)16-12(9-27-5)18(21(26)28-11(3)4)22-8-15(16)23-13/h6-8,10-11,23H,9H2,1-5H3,(H,24,25). The van der Waals surface area contributed by atoms with E-state index in [-0.39, 0.29) is 24.3 Å². The molecule has 0 amide bonds. The summed E-state index contributed by atoms with van der Waals surface area (Å²) in [4.78, 5) is 28.6. The summed E-state index contributed by atoms with van der Waals surface area (Å²) < 4.78 is 10.8. The number of ether oxygens (including phenoxy) is 2. The number of fused-ring (bicyclic) bond motifs is 5. The Bertz CT molecular complexity index is 1190. The van der Waals surface area contributed by atoms with Crippen LogP contribution in [-0.2, 0) is 16.1 Å². The van der Waals surface area contributed by atoms with Crippen LogP contribution in [0.3, 0.4) is 0 Å². The lowest BCUT2D eigenvalue weighted by Gasteiger charge is -2.12. The maximum absolute atomic E-state index is 12.6. The Labute approximate surface area is 162 Å². The van der Waals surface area contributed by atoms with Gasteiger partial charge in [0.1, 0.15) is 5.82 Å². The minimum atomic E-state index is -0.449. The van der Waals surface area contributed by atoms with Crippen molar-refractivity contribution in [2.24, 2.45) is 0 Å². The van der Waals surface area contributed by atoms with Gasteiger partial charge in [0, 0.05) is 34.9 Å². The van der Waals surface area contributed by atoms with E-state index in [4.69, 9.17) is 14.5 Å².